The molecule has 1 aliphatic carbocycles. The van der Waals surface area contributed by atoms with Crippen LogP contribution in [0.3, 0.4) is 0 Å². The zero-order chi connectivity index (χ0) is 19.9. The second kappa shape index (κ2) is 7.03. The van der Waals surface area contributed by atoms with Crippen LogP contribution in [0.5, 0.6) is 5.75 Å². The van der Waals surface area contributed by atoms with Crippen LogP contribution >= 0.6 is 0 Å². The number of ether oxygens (including phenoxy) is 1. The van der Waals surface area contributed by atoms with Crippen molar-refractivity contribution in [3.63, 3.8) is 0 Å². The number of methoxy groups -OCH3 is 1. The summed E-state index contributed by atoms with van der Waals surface area (Å²) in [5.41, 5.74) is 0.408. The Morgan fingerprint density at radius 1 is 1.00 bits per heavy atom. The van der Waals surface area contributed by atoms with Crippen molar-refractivity contribution in [2.75, 3.05) is 12.0 Å². The molecular weight excluding hydrogens is 380 g/mol. The lowest BCUT2D eigenvalue weighted by Crippen LogP contribution is -2.46. The van der Waals surface area contributed by atoms with Crippen molar-refractivity contribution in [1.82, 2.24) is 4.31 Å². The monoisotopic (exact) mass is 400 g/mol. The number of amides is 2. The average Bonchev–Trinajstić information content (AvgIpc) is 3.48. The summed E-state index contributed by atoms with van der Waals surface area (Å²) in [4.78, 5) is 26.9. The third-order valence-corrected chi connectivity index (χ3v) is 6.96. The van der Waals surface area contributed by atoms with Gasteiger partial charge in [0.2, 0.25) is 15.9 Å². The van der Waals surface area contributed by atoms with Crippen LogP contribution in [0.15, 0.2) is 59.5 Å². The SMILES string of the molecule is COc1ccc(N2C(=O)CC(N(C3CC3)S(=O)(=O)c3ccccc3)C2=O)cc1. The minimum absolute atomic E-state index is 0.130. The third-order valence-electron chi connectivity index (χ3n) is 4.99. The highest BCUT2D eigenvalue weighted by Gasteiger charge is 2.51. The maximum absolute atomic E-state index is 13.2. The second-order valence-corrected chi connectivity index (χ2v) is 8.71. The molecule has 146 valence electrons. The van der Waals surface area contributed by atoms with Crippen LogP contribution in [-0.4, -0.2) is 43.7 Å². The molecule has 0 bridgehead atoms. The summed E-state index contributed by atoms with van der Waals surface area (Å²) in [5, 5.41) is 0. The van der Waals surface area contributed by atoms with E-state index in [1.807, 2.05) is 0 Å². The van der Waals surface area contributed by atoms with Crippen molar-refractivity contribution >= 4 is 27.5 Å². The largest absolute Gasteiger partial charge is 0.497 e. The normalized spacial score (nSPS) is 20.1. The van der Waals surface area contributed by atoms with Gasteiger partial charge in [-0.2, -0.15) is 4.31 Å². The van der Waals surface area contributed by atoms with Crippen LogP contribution in [0.2, 0.25) is 0 Å². The lowest BCUT2D eigenvalue weighted by molar-refractivity contribution is -0.122. The maximum atomic E-state index is 13.2. The Hall–Kier alpha value is -2.71. The fraction of sp³-hybridized carbons (Fsp3) is 0.300. The molecule has 1 unspecified atom stereocenters. The van der Waals surface area contributed by atoms with Gasteiger partial charge in [0.15, 0.2) is 0 Å². The molecule has 2 amide bonds. The van der Waals surface area contributed by atoms with Gasteiger partial charge < -0.3 is 4.74 Å². The van der Waals surface area contributed by atoms with Crippen LogP contribution in [0.25, 0.3) is 0 Å². The highest BCUT2D eigenvalue weighted by Crippen LogP contribution is 2.38. The number of nitrogens with zero attached hydrogens (tertiary/aromatic N) is 2. The first kappa shape index (κ1) is 18.6. The first-order chi connectivity index (χ1) is 13.4. The number of sulfonamides is 1. The van der Waals surface area contributed by atoms with Gasteiger partial charge in [-0.05, 0) is 49.2 Å². The summed E-state index contributed by atoms with van der Waals surface area (Å²) < 4.78 is 32.8. The van der Waals surface area contributed by atoms with Gasteiger partial charge in [-0.25, -0.2) is 13.3 Å². The van der Waals surface area contributed by atoms with E-state index in [1.165, 1.54) is 23.5 Å². The second-order valence-electron chi connectivity index (χ2n) is 6.86. The number of benzene rings is 2. The average molecular weight is 400 g/mol. The van der Waals surface area contributed by atoms with E-state index < -0.39 is 27.9 Å². The minimum Gasteiger partial charge on any atom is -0.497 e. The number of hydrogen-bond acceptors (Lipinski definition) is 5. The van der Waals surface area contributed by atoms with Crippen molar-refractivity contribution in [2.45, 2.75) is 36.2 Å². The van der Waals surface area contributed by atoms with Crippen LogP contribution in [0, 0.1) is 0 Å². The van der Waals surface area contributed by atoms with Gasteiger partial charge in [-0.3, -0.25) is 9.59 Å². The van der Waals surface area contributed by atoms with Crippen LogP contribution < -0.4 is 9.64 Å². The lowest BCUT2D eigenvalue weighted by atomic mass is 10.2. The molecule has 0 aromatic heterocycles. The van der Waals surface area contributed by atoms with Gasteiger partial charge in [0.05, 0.1) is 24.1 Å². The Morgan fingerprint density at radius 3 is 2.21 bits per heavy atom. The summed E-state index contributed by atoms with van der Waals surface area (Å²) in [6, 6.07) is 13.3. The Bertz CT molecular complexity index is 1000. The Morgan fingerprint density at radius 2 is 1.64 bits per heavy atom. The highest BCUT2D eigenvalue weighted by molar-refractivity contribution is 7.89. The molecule has 1 heterocycles. The first-order valence-corrected chi connectivity index (χ1v) is 10.5. The zero-order valence-corrected chi connectivity index (χ0v) is 16.1. The molecule has 0 spiro atoms. The Labute approximate surface area is 163 Å². The first-order valence-electron chi connectivity index (χ1n) is 9.03. The van der Waals surface area contributed by atoms with E-state index in [1.54, 1.807) is 42.5 Å². The third kappa shape index (κ3) is 3.18. The summed E-state index contributed by atoms with van der Waals surface area (Å²) in [6.07, 6.45) is 1.21. The topological polar surface area (TPSA) is 84.0 Å². The van der Waals surface area contributed by atoms with Crippen molar-refractivity contribution in [1.29, 1.82) is 0 Å². The number of rotatable bonds is 6. The smallest absolute Gasteiger partial charge is 0.252 e. The van der Waals surface area contributed by atoms with E-state index in [-0.39, 0.29) is 17.4 Å². The Balaban J connectivity index is 1.67. The molecule has 1 atom stereocenters. The van der Waals surface area contributed by atoms with Gasteiger partial charge >= 0.3 is 0 Å². The van der Waals surface area contributed by atoms with E-state index in [0.717, 1.165) is 4.90 Å². The molecule has 2 fully saturated rings. The summed E-state index contributed by atoms with van der Waals surface area (Å²) in [6.45, 7) is 0. The molecule has 2 aromatic rings. The number of anilines is 1. The van der Waals surface area contributed by atoms with Crippen molar-refractivity contribution < 1.29 is 22.7 Å². The van der Waals surface area contributed by atoms with E-state index >= 15 is 0 Å². The molecule has 1 saturated carbocycles. The molecule has 4 rings (SSSR count). The van der Waals surface area contributed by atoms with E-state index in [2.05, 4.69) is 0 Å². The number of carbonyl (C=O) groups is 2. The molecule has 2 aromatic carbocycles. The summed E-state index contributed by atoms with van der Waals surface area (Å²) in [5.74, 6) is -0.318. The molecule has 8 heteroatoms. The van der Waals surface area contributed by atoms with Gasteiger partial charge in [0, 0.05) is 6.04 Å². The number of carbonyl (C=O) groups excluding carboxylic acids is 2. The van der Waals surface area contributed by atoms with Gasteiger partial charge in [-0.15, -0.1) is 0 Å². The van der Waals surface area contributed by atoms with Gasteiger partial charge in [0.25, 0.3) is 5.91 Å². The predicted octanol–water partition coefficient (Wildman–Crippen LogP) is 2.18. The zero-order valence-electron chi connectivity index (χ0n) is 15.3. The molecule has 2 aliphatic rings. The van der Waals surface area contributed by atoms with E-state index in [9.17, 15) is 18.0 Å². The van der Waals surface area contributed by atoms with Crippen LogP contribution in [0.1, 0.15) is 19.3 Å². The molecule has 1 aliphatic heterocycles. The minimum atomic E-state index is -3.88. The molecule has 7 nitrogen and oxygen atoms in total. The van der Waals surface area contributed by atoms with Crippen LogP contribution in [-0.2, 0) is 19.6 Å². The Kier molecular flexibility index (Phi) is 4.68. The quantitative estimate of drug-likeness (QED) is 0.694. The summed E-state index contributed by atoms with van der Waals surface area (Å²) >= 11 is 0. The van der Waals surface area contributed by atoms with E-state index in [4.69, 9.17) is 4.74 Å². The molecule has 0 radical (unpaired) electrons. The number of hydrogen-bond donors (Lipinski definition) is 0. The molecule has 28 heavy (non-hydrogen) atoms. The van der Waals surface area contributed by atoms with Crippen molar-refractivity contribution in [2.24, 2.45) is 0 Å². The molecular formula is C20H20N2O5S. The fourth-order valence-corrected chi connectivity index (χ4v) is 5.33. The van der Waals surface area contributed by atoms with Crippen LogP contribution in [0.4, 0.5) is 5.69 Å². The fourth-order valence-electron chi connectivity index (χ4n) is 3.48. The van der Waals surface area contributed by atoms with Gasteiger partial charge in [0.1, 0.15) is 11.8 Å². The van der Waals surface area contributed by atoms with Gasteiger partial charge in [-0.1, -0.05) is 18.2 Å². The van der Waals surface area contributed by atoms with Crippen molar-refractivity contribution in [3.8, 4) is 5.75 Å². The van der Waals surface area contributed by atoms with E-state index in [0.29, 0.717) is 24.3 Å². The molecule has 1 saturated heterocycles. The highest BCUT2D eigenvalue weighted by atomic mass is 32.2. The summed E-state index contributed by atoms with van der Waals surface area (Å²) in [7, 11) is -2.35. The lowest BCUT2D eigenvalue weighted by Gasteiger charge is -2.26. The molecule has 0 N–H and O–H groups in total. The predicted molar refractivity (Wildman–Crippen MR) is 102 cm³/mol. The number of imide groups is 1. The maximum Gasteiger partial charge on any atom is 0.252 e. The standard InChI is InChI=1S/C20H20N2O5S/c1-27-16-11-9-14(10-12-16)21-19(23)13-18(20(21)24)22(15-7-8-15)28(25,26)17-5-3-2-4-6-17/h2-6,9-12,15,18H,7-8,13H2,1H3. The van der Waals surface area contributed by atoms with Crippen molar-refractivity contribution in [3.05, 3.63) is 54.6 Å².